The van der Waals surface area contributed by atoms with Crippen molar-refractivity contribution in [2.45, 2.75) is 50.9 Å². The van der Waals surface area contributed by atoms with Gasteiger partial charge in [-0.3, -0.25) is 0 Å². The van der Waals surface area contributed by atoms with Crippen molar-refractivity contribution >= 4 is 0 Å². The minimum atomic E-state index is 0.188. The molecule has 0 bridgehead atoms. The molecule has 2 rings (SSSR count). The first-order chi connectivity index (χ1) is 9.85. The zero-order valence-electron chi connectivity index (χ0n) is 12.7. The van der Waals surface area contributed by atoms with Gasteiger partial charge in [0.1, 0.15) is 0 Å². The van der Waals surface area contributed by atoms with Crippen LogP contribution in [0.5, 0.6) is 0 Å². The van der Waals surface area contributed by atoms with E-state index in [0.29, 0.717) is 6.61 Å². The monoisotopic (exact) mass is 277 g/mol. The van der Waals surface area contributed by atoms with Crippen LogP contribution in [0.25, 0.3) is 0 Å². The minimum absolute atomic E-state index is 0.188. The van der Waals surface area contributed by atoms with Gasteiger partial charge in [0.2, 0.25) is 0 Å². The van der Waals surface area contributed by atoms with Crippen molar-refractivity contribution in [2.75, 3.05) is 20.3 Å². The summed E-state index contributed by atoms with van der Waals surface area (Å²) in [5.74, 6) is 0. The molecule has 0 spiro atoms. The molecule has 0 radical (unpaired) electrons. The van der Waals surface area contributed by atoms with Crippen LogP contribution in [-0.4, -0.2) is 32.5 Å². The standard InChI is InChI=1S/C17H27NO2/c1-3-16(20-13-15-11-7-8-12-19-15)17(18-2)14-9-5-4-6-10-14/h4-6,9-10,15-18H,3,7-8,11-13H2,1-2H3. The molecule has 0 saturated carbocycles. The van der Waals surface area contributed by atoms with Crippen LogP contribution in [0.15, 0.2) is 30.3 Å². The number of nitrogens with one attached hydrogen (secondary N) is 1. The van der Waals surface area contributed by atoms with Gasteiger partial charge in [0.25, 0.3) is 0 Å². The molecule has 20 heavy (non-hydrogen) atoms. The van der Waals surface area contributed by atoms with E-state index in [-0.39, 0.29) is 18.2 Å². The molecular weight excluding hydrogens is 250 g/mol. The Balaban J connectivity index is 1.91. The summed E-state index contributed by atoms with van der Waals surface area (Å²) in [6.45, 7) is 3.78. The van der Waals surface area contributed by atoms with Gasteiger partial charge in [0, 0.05) is 6.61 Å². The van der Waals surface area contributed by atoms with Gasteiger partial charge < -0.3 is 14.8 Å². The number of hydrogen-bond donors (Lipinski definition) is 1. The molecule has 1 aromatic rings. The smallest absolute Gasteiger partial charge is 0.0808 e. The van der Waals surface area contributed by atoms with E-state index in [2.05, 4.69) is 36.5 Å². The van der Waals surface area contributed by atoms with Gasteiger partial charge >= 0.3 is 0 Å². The summed E-state index contributed by atoms with van der Waals surface area (Å²) in [6, 6.07) is 10.8. The quantitative estimate of drug-likeness (QED) is 0.829. The summed E-state index contributed by atoms with van der Waals surface area (Å²) in [5.41, 5.74) is 1.28. The van der Waals surface area contributed by atoms with E-state index in [9.17, 15) is 0 Å². The fourth-order valence-electron chi connectivity index (χ4n) is 2.85. The van der Waals surface area contributed by atoms with Crippen molar-refractivity contribution in [3.05, 3.63) is 35.9 Å². The Morgan fingerprint density at radius 2 is 2.10 bits per heavy atom. The molecule has 1 heterocycles. The van der Waals surface area contributed by atoms with Crippen molar-refractivity contribution in [2.24, 2.45) is 0 Å². The number of rotatable bonds is 7. The van der Waals surface area contributed by atoms with Gasteiger partial charge in [-0.1, -0.05) is 37.3 Å². The maximum Gasteiger partial charge on any atom is 0.0808 e. The van der Waals surface area contributed by atoms with E-state index in [0.717, 1.165) is 19.4 Å². The third-order valence-electron chi connectivity index (χ3n) is 4.01. The predicted molar refractivity (Wildman–Crippen MR) is 81.9 cm³/mol. The molecule has 3 heteroatoms. The zero-order chi connectivity index (χ0) is 14.2. The molecule has 0 amide bonds. The number of likely N-dealkylation sites (N-methyl/N-ethyl adjacent to an activating group) is 1. The number of ether oxygens (including phenoxy) is 2. The Kier molecular flexibility index (Phi) is 6.51. The lowest BCUT2D eigenvalue weighted by molar-refractivity contribution is -0.0714. The Morgan fingerprint density at radius 3 is 2.70 bits per heavy atom. The largest absolute Gasteiger partial charge is 0.376 e. The maximum atomic E-state index is 6.15. The first-order valence-corrected chi connectivity index (χ1v) is 7.80. The molecule has 1 aliphatic rings. The van der Waals surface area contributed by atoms with Crippen LogP contribution in [0.1, 0.15) is 44.2 Å². The van der Waals surface area contributed by atoms with E-state index in [1.807, 2.05) is 13.1 Å². The lowest BCUT2D eigenvalue weighted by Gasteiger charge is -2.29. The van der Waals surface area contributed by atoms with Gasteiger partial charge in [-0.05, 0) is 38.3 Å². The molecule has 112 valence electrons. The van der Waals surface area contributed by atoms with Gasteiger partial charge in [0.15, 0.2) is 0 Å². The van der Waals surface area contributed by atoms with E-state index in [1.54, 1.807) is 0 Å². The predicted octanol–water partition coefficient (Wildman–Crippen LogP) is 3.31. The highest BCUT2D eigenvalue weighted by Gasteiger charge is 2.23. The normalized spacial score (nSPS) is 22.4. The van der Waals surface area contributed by atoms with Gasteiger partial charge in [-0.25, -0.2) is 0 Å². The minimum Gasteiger partial charge on any atom is -0.376 e. The Bertz CT molecular complexity index is 363. The SMILES string of the molecule is CCC(OCC1CCCCO1)C(NC)c1ccccc1. The second-order valence-electron chi connectivity index (χ2n) is 5.45. The maximum absolute atomic E-state index is 6.15. The average Bonchev–Trinajstić information content (AvgIpc) is 2.53. The van der Waals surface area contributed by atoms with Crippen molar-refractivity contribution in [1.82, 2.24) is 5.32 Å². The molecule has 1 aliphatic heterocycles. The van der Waals surface area contributed by atoms with Crippen molar-refractivity contribution in [3.63, 3.8) is 0 Å². The second-order valence-corrected chi connectivity index (χ2v) is 5.45. The summed E-state index contributed by atoms with van der Waals surface area (Å²) in [6.07, 6.45) is 5.05. The average molecular weight is 277 g/mol. The van der Waals surface area contributed by atoms with Crippen LogP contribution in [-0.2, 0) is 9.47 Å². The van der Waals surface area contributed by atoms with Crippen molar-refractivity contribution in [3.8, 4) is 0 Å². The topological polar surface area (TPSA) is 30.5 Å². The number of benzene rings is 1. The van der Waals surface area contributed by atoms with E-state index in [1.165, 1.54) is 18.4 Å². The van der Waals surface area contributed by atoms with Crippen LogP contribution in [0.4, 0.5) is 0 Å². The highest BCUT2D eigenvalue weighted by molar-refractivity contribution is 5.20. The second kappa shape index (κ2) is 8.40. The fourth-order valence-corrected chi connectivity index (χ4v) is 2.85. The molecule has 1 N–H and O–H groups in total. The van der Waals surface area contributed by atoms with E-state index in [4.69, 9.17) is 9.47 Å². The first kappa shape index (κ1) is 15.5. The Labute approximate surface area is 122 Å². The molecule has 1 saturated heterocycles. The summed E-state index contributed by atoms with van der Waals surface area (Å²) in [5, 5.41) is 3.39. The van der Waals surface area contributed by atoms with Gasteiger partial charge in [-0.15, -0.1) is 0 Å². The van der Waals surface area contributed by atoms with Crippen LogP contribution in [0.3, 0.4) is 0 Å². The number of hydrogen-bond acceptors (Lipinski definition) is 3. The Morgan fingerprint density at radius 1 is 1.30 bits per heavy atom. The van der Waals surface area contributed by atoms with E-state index >= 15 is 0 Å². The summed E-state index contributed by atoms with van der Waals surface area (Å²) in [4.78, 5) is 0. The molecule has 3 nitrogen and oxygen atoms in total. The fraction of sp³-hybridized carbons (Fsp3) is 0.647. The molecule has 3 atom stereocenters. The molecule has 1 aromatic carbocycles. The van der Waals surface area contributed by atoms with Gasteiger partial charge in [0.05, 0.1) is 24.9 Å². The highest BCUT2D eigenvalue weighted by atomic mass is 16.5. The van der Waals surface area contributed by atoms with E-state index < -0.39 is 0 Å². The van der Waals surface area contributed by atoms with Crippen LogP contribution in [0.2, 0.25) is 0 Å². The van der Waals surface area contributed by atoms with Crippen LogP contribution >= 0.6 is 0 Å². The van der Waals surface area contributed by atoms with Crippen molar-refractivity contribution in [1.29, 1.82) is 0 Å². The van der Waals surface area contributed by atoms with Gasteiger partial charge in [-0.2, -0.15) is 0 Å². The first-order valence-electron chi connectivity index (χ1n) is 7.80. The third kappa shape index (κ3) is 4.30. The molecule has 3 unspecified atom stereocenters. The van der Waals surface area contributed by atoms with Crippen LogP contribution < -0.4 is 5.32 Å². The van der Waals surface area contributed by atoms with Crippen molar-refractivity contribution < 1.29 is 9.47 Å². The van der Waals surface area contributed by atoms with Crippen LogP contribution in [0, 0.1) is 0 Å². The molecular formula is C17H27NO2. The molecule has 1 fully saturated rings. The third-order valence-corrected chi connectivity index (χ3v) is 4.01. The summed E-state index contributed by atoms with van der Waals surface area (Å²) in [7, 11) is 2.00. The molecule has 0 aliphatic carbocycles. The zero-order valence-corrected chi connectivity index (χ0v) is 12.7. The molecule has 0 aromatic heterocycles. The summed E-state index contributed by atoms with van der Waals surface area (Å²) >= 11 is 0. The highest BCUT2D eigenvalue weighted by Crippen LogP contribution is 2.22. The Hall–Kier alpha value is -0.900. The lowest BCUT2D eigenvalue weighted by atomic mass is 9.99. The lowest BCUT2D eigenvalue weighted by Crippen LogP contribution is -2.34. The summed E-state index contributed by atoms with van der Waals surface area (Å²) < 4.78 is 11.9.